The Morgan fingerprint density at radius 2 is 2.13 bits per heavy atom. The highest BCUT2D eigenvalue weighted by Crippen LogP contribution is 2.21. The van der Waals surface area contributed by atoms with Gasteiger partial charge in [0.1, 0.15) is 22.4 Å². The lowest BCUT2D eigenvalue weighted by Gasteiger charge is -2.23. The van der Waals surface area contributed by atoms with Crippen LogP contribution in [0.3, 0.4) is 0 Å². The van der Waals surface area contributed by atoms with E-state index in [4.69, 9.17) is 0 Å². The van der Waals surface area contributed by atoms with E-state index in [0.717, 1.165) is 30.9 Å². The summed E-state index contributed by atoms with van der Waals surface area (Å²) in [6.45, 7) is 2.33. The van der Waals surface area contributed by atoms with Gasteiger partial charge in [0.15, 0.2) is 0 Å². The second-order valence-electron chi connectivity index (χ2n) is 5.78. The number of fused-ring (bicyclic) bond motifs is 1. The van der Waals surface area contributed by atoms with E-state index < -0.39 is 26.6 Å². The summed E-state index contributed by atoms with van der Waals surface area (Å²) < 4.78 is 56.2. The van der Waals surface area contributed by atoms with Gasteiger partial charge < -0.3 is 4.57 Å². The van der Waals surface area contributed by atoms with Crippen LogP contribution in [-0.2, 0) is 23.0 Å². The maximum Gasteiger partial charge on any atom is 0.243 e. The molecule has 1 N–H and O–H groups in total. The number of sulfonamides is 1. The number of imidazole rings is 1. The summed E-state index contributed by atoms with van der Waals surface area (Å²) in [6.07, 6.45) is 5.06. The van der Waals surface area contributed by atoms with Crippen LogP contribution < -0.4 is 4.72 Å². The molecule has 0 saturated carbocycles. The van der Waals surface area contributed by atoms with Crippen molar-refractivity contribution in [2.75, 3.05) is 6.54 Å². The van der Waals surface area contributed by atoms with Crippen molar-refractivity contribution in [2.24, 2.45) is 5.92 Å². The zero-order chi connectivity index (χ0) is 16.6. The first-order chi connectivity index (χ1) is 10.9. The molecule has 1 aliphatic rings. The number of nitrogens with zero attached hydrogens (tertiary/aromatic N) is 2. The SMILES string of the molecule is Cc1cc(F)c(S(=O)(=O)NC[C@@H]2CCn3ccnc3C2)cc1F. The Morgan fingerprint density at radius 3 is 2.91 bits per heavy atom. The summed E-state index contributed by atoms with van der Waals surface area (Å²) in [4.78, 5) is 3.57. The van der Waals surface area contributed by atoms with Crippen LogP contribution >= 0.6 is 0 Å². The lowest BCUT2D eigenvalue weighted by atomic mass is 9.98. The van der Waals surface area contributed by atoms with Gasteiger partial charge in [-0.1, -0.05) is 0 Å². The van der Waals surface area contributed by atoms with Gasteiger partial charge in [-0.15, -0.1) is 0 Å². The molecular weight excluding hydrogens is 324 g/mol. The molecule has 0 unspecified atom stereocenters. The summed E-state index contributed by atoms with van der Waals surface area (Å²) in [6, 6.07) is 1.61. The van der Waals surface area contributed by atoms with E-state index in [0.29, 0.717) is 6.42 Å². The lowest BCUT2D eigenvalue weighted by molar-refractivity contribution is 0.379. The fourth-order valence-electron chi connectivity index (χ4n) is 2.73. The van der Waals surface area contributed by atoms with Gasteiger partial charge in [-0.3, -0.25) is 0 Å². The molecule has 124 valence electrons. The molecule has 0 spiro atoms. The van der Waals surface area contributed by atoms with Gasteiger partial charge in [-0.2, -0.15) is 0 Å². The van der Waals surface area contributed by atoms with Crippen molar-refractivity contribution < 1.29 is 17.2 Å². The summed E-state index contributed by atoms with van der Waals surface area (Å²) >= 11 is 0. The first-order valence-electron chi connectivity index (χ1n) is 7.32. The number of hydrogen-bond acceptors (Lipinski definition) is 3. The highest BCUT2D eigenvalue weighted by Gasteiger charge is 2.24. The average Bonchev–Trinajstić information content (AvgIpc) is 2.96. The summed E-state index contributed by atoms with van der Waals surface area (Å²) in [5.74, 6) is -0.701. The van der Waals surface area contributed by atoms with Crippen LogP contribution in [0.2, 0.25) is 0 Å². The van der Waals surface area contributed by atoms with Gasteiger partial charge >= 0.3 is 0 Å². The maximum absolute atomic E-state index is 13.8. The average molecular weight is 341 g/mol. The van der Waals surface area contributed by atoms with Gasteiger partial charge in [0.25, 0.3) is 0 Å². The molecule has 5 nitrogen and oxygen atoms in total. The van der Waals surface area contributed by atoms with Crippen LogP contribution in [0.15, 0.2) is 29.4 Å². The molecule has 1 aliphatic heterocycles. The molecule has 1 aromatic carbocycles. The topological polar surface area (TPSA) is 64.0 Å². The molecule has 2 aromatic rings. The molecule has 8 heteroatoms. The standard InChI is InChI=1S/C15H17F2N3O2S/c1-10-6-13(17)14(8-12(10)16)23(21,22)19-9-11-2-4-20-5-3-18-15(20)7-11/h3,5-6,8,11,19H,2,4,7,9H2,1H3/t11-/m1/s1. The van der Waals surface area contributed by atoms with E-state index in [1.165, 1.54) is 6.92 Å². The number of aromatic nitrogens is 2. The number of halogens is 2. The fraction of sp³-hybridized carbons (Fsp3) is 0.400. The Morgan fingerprint density at radius 1 is 1.35 bits per heavy atom. The van der Waals surface area contributed by atoms with Crippen LogP contribution in [0, 0.1) is 24.5 Å². The van der Waals surface area contributed by atoms with E-state index in [2.05, 4.69) is 9.71 Å². The molecule has 1 aromatic heterocycles. The third kappa shape index (κ3) is 3.28. The summed E-state index contributed by atoms with van der Waals surface area (Å²) in [5, 5.41) is 0. The van der Waals surface area contributed by atoms with Crippen LogP contribution in [0.25, 0.3) is 0 Å². The van der Waals surface area contributed by atoms with Gasteiger partial charge in [0.2, 0.25) is 10.0 Å². The molecule has 0 aliphatic carbocycles. The summed E-state index contributed by atoms with van der Waals surface area (Å²) in [5.41, 5.74) is 0.0700. The molecule has 0 bridgehead atoms. The van der Waals surface area contributed by atoms with E-state index in [1.54, 1.807) is 6.20 Å². The fourth-order valence-corrected chi connectivity index (χ4v) is 3.91. The predicted octanol–water partition coefficient (Wildman–Crippen LogP) is 2.01. The molecule has 1 atom stereocenters. The molecule has 0 amide bonds. The third-order valence-electron chi connectivity index (χ3n) is 4.12. The van der Waals surface area contributed by atoms with E-state index in [1.807, 2.05) is 10.8 Å². The second-order valence-corrected chi connectivity index (χ2v) is 7.51. The summed E-state index contributed by atoms with van der Waals surface area (Å²) in [7, 11) is -4.09. The maximum atomic E-state index is 13.8. The number of rotatable bonds is 4. The molecule has 23 heavy (non-hydrogen) atoms. The van der Waals surface area contributed by atoms with Gasteiger partial charge in [-0.25, -0.2) is 26.9 Å². The Balaban J connectivity index is 1.72. The van der Waals surface area contributed by atoms with Crippen molar-refractivity contribution in [3.63, 3.8) is 0 Å². The zero-order valence-electron chi connectivity index (χ0n) is 12.6. The minimum Gasteiger partial charge on any atom is -0.335 e. The first kappa shape index (κ1) is 16.1. The molecule has 2 heterocycles. The van der Waals surface area contributed by atoms with Crippen molar-refractivity contribution in [3.8, 4) is 0 Å². The molecule has 0 fully saturated rings. The normalized spacial score (nSPS) is 18.0. The first-order valence-corrected chi connectivity index (χ1v) is 8.80. The second kappa shape index (κ2) is 6.01. The van der Waals surface area contributed by atoms with Gasteiger partial charge in [0.05, 0.1) is 0 Å². The number of hydrogen-bond donors (Lipinski definition) is 1. The van der Waals surface area contributed by atoms with E-state index >= 15 is 0 Å². The van der Waals surface area contributed by atoms with Gasteiger partial charge in [-0.05, 0) is 37.0 Å². The number of benzene rings is 1. The highest BCUT2D eigenvalue weighted by molar-refractivity contribution is 7.89. The third-order valence-corrected chi connectivity index (χ3v) is 5.55. The Bertz CT molecular complexity index is 833. The Kier molecular flexibility index (Phi) is 4.20. The van der Waals surface area contributed by atoms with Crippen molar-refractivity contribution in [2.45, 2.75) is 31.2 Å². The number of nitrogens with one attached hydrogen (secondary N) is 1. The minimum absolute atomic E-state index is 0.0700. The highest BCUT2D eigenvalue weighted by atomic mass is 32.2. The van der Waals surface area contributed by atoms with Gasteiger partial charge in [0, 0.05) is 31.9 Å². The predicted molar refractivity (Wildman–Crippen MR) is 80.3 cm³/mol. The van der Waals surface area contributed by atoms with Crippen molar-refractivity contribution in [1.82, 2.24) is 14.3 Å². The largest absolute Gasteiger partial charge is 0.335 e. The molecule has 0 saturated heterocycles. The quantitative estimate of drug-likeness (QED) is 0.925. The van der Waals surface area contributed by atoms with Crippen LogP contribution in [0.4, 0.5) is 8.78 Å². The number of aryl methyl sites for hydroxylation is 2. The monoisotopic (exact) mass is 341 g/mol. The van der Waals surface area contributed by atoms with E-state index in [9.17, 15) is 17.2 Å². The van der Waals surface area contributed by atoms with Crippen molar-refractivity contribution >= 4 is 10.0 Å². The zero-order valence-corrected chi connectivity index (χ0v) is 13.4. The molecule has 3 rings (SSSR count). The van der Waals surface area contributed by atoms with Crippen LogP contribution in [0.5, 0.6) is 0 Å². The molecular formula is C15H17F2N3O2S. The Labute approximate surface area is 133 Å². The van der Waals surface area contributed by atoms with E-state index in [-0.39, 0.29) is 18.0 Å². The smallest absolute Gasteiger partial charge is 0.243 e. The van der Waals surface area contributed by atoms with Crippen LogP contribution in [-0.4, -0.2) is 24.5 Å². The minimum atomic E-state index is -4.09. The van der Waals surface area contributed by atoms with Crippen molar-refractivity contribution in [3.05, 3.63) is 47.5 Å². The van der Waals surface area contributed by atoms with Crippen molar-refractivity contribution in [1.29, 1.82) is 0 Å². The molecule has 0 radical (unpaired) electrons. The lowest BCUT2D eigenvalue weighted by Crippen LogP contribution is -2.33. The van der Waals surface area contributed by atoms with Crippen LogP contribution in [0.1, 0.15) is 17.8 Å². The Hall–Kier alpha value is -1.80.